The highest BCUT2D eigenvalue weighted by Gasteiger charge is 2.42. The molecule has 5 unspecified atom stereocenters. The molecule has 118 heavy (non-hydrogen) atoms. The Morgan fingerprint density at radius 1 is 0.398 bits per heavy atom. The van der Waals surface area contributed by atoms with Crippen LogP contribution in [-0.4, -0.2) is 156 Å². The van der Waals surface area contributed by atoms with E-state index in [2.05, 4.69) is 38.4 Å². The third-order valence-corrected chi connectivity index (χ3v) is 20.8. The van der Waals surface area contributed by atoms with Crippen LogP contribution in [0, 0.1) is 13.8 Å². The second kappa shape index (κ2) is 41.9. The SMILES string of the molecule is C=C(c1ccsn1)N1Cc2ccccc2CC1C(=O)OCC.CCOC(=O)C1Cc2ccccc2CN1C(=O)Nc1ccccc1.CCOC(=O)C1Cc2ccccc2CN1C(=O)Oc1ccc(C)cc1.CCOC(=O)C1Cc2ccccc2CN1C(=O)Oc1ccccc1.CCOC(=O)C1Cc2ccccc2CN1C(=O)c1ncc(C)[nH]1. The molecule has 7 heterocycles. The molecule has 15 rings (SSSR count). The van der Waals surface area contributed by atoms with E-state index in [1.165, 1.54) is 32.5 Å². The highest BCUT2D eigenvalue weighted by molar-refractivity contribution is 7.03. The molecule has 26 heteroatoms. The Balaban J connectivity index is 0.000000145. The summed E-state index contributed by atoms with van der Waals surface area (Å²) in [5.74, 6) is -0.889. The number of benzene rings is 8. The molecule has 0 radical (unpaired) electrons. The van der Waals surface area contributed by atoms with Crippen molar-refractivity contribution in [1.29, 1.82) is 0 Å². The highest BCUT2D eigenvalue weighted by atomic mass is 32.1. The van der Waals surface area contributed by atoms with Gasteiger partial charge in [-0.1, -0.05) is 182 Å². The number of esters is 5. The molecule has 0 bridgehead atoms. The number of imidazole rings is 1. The van der Waals surface area contributed by atoms with Crippen molar-refractivity contribution < 1.29 is 76.3 Å². The quantitative estimate of drug-likeness (QED) is 0.0671. The normalized spacial score (nSPS) is 16.4. The molecule has 612 valence electrons. The molecule has 0 spiro atoms. The number of amides is 5. The van der Waals surface area contributed by atoms with E-state index in [4.69, 9.17) is 33.2 Å². The van der Waals surface area contributed by atoms with E-state index in [-0.39, 0.29) is 54.9 Å². The molecule has 10 aromatic rings. The van der Waals surface area contributed by atoms with Gasteiger partial charge >= 0.3 is 48.1 Å². The summed E-state index contributed by atoms with van der Waals surface area (Å²) in [6, 6.07) is 63.5. The fourth-order valence-electron chi connectivity index (χ4n) is 14.3. The number of nitrogens with one attached hydrogen (secondary N) is 2. The van der Waals surface area contributed by atoms with Crippen LogP contribution in [0.3, 0.4) is 0 Å². The minimum Gasteiger partial charge on any atom is -0.464 e. The number of para-hydroxylation sites is 2. The van der Waals surface area contributed by atoms with Crippen molar-refractivity contribution in [2.75, 3.05) is 38.4 Å². The predicted molar refractivity (Wildman–Crippen MR) is 444 cm³/mol. The van der Waals surface area contributed by atoms with Crippen LogP contribution in [0.15, 0.2) is 230 Å². The van der Waals surface area contributed by atoms with E-state index in [9.17, 15) is 43.2 Å². The average molecular weight is 1620 g/mol. The number of hydrogen-bond acceptors (Lipinski definition) is 20. The highest BCUT2D eigenvalue weighted by Crippen LogP contribution is 2.34. The number of aromatic nitrogens is 3. The minimum absolute atomic E-state index is 0.201. The van der Waals surface area contributed by atoms with Gasteiger partial charge in [0.2, 0.25) is 0 Å². The maximum Gasteiger partial charge on any atom is 0.416 e. The number of ether oxygens (including phenoxy) is 7. The first kappa shape index (κ1) is 85.6. The van der Waals surface area contributed by atoms with Crippen molar-refractivity contribution >= 4 is 76.9 Å². The Bertz CT molecular complexity index is 4990. The summed E-state index contributed by atoms with van der Waals surface area (Å²) in [4.78, 5) is 127. The van der Waals surface area contributed by atoms with Gasteiger partial charge in [-0.3, -0.25) is 14.6 Å². The van der Waals surface area contributed by atoms with Crippen LogP contribution in [0.5, 0.6) is 11.5 Å². The summed E-state index contributed by atoms with van der Waals surface area (Å²) in [5.41, 5.74) is 15.0. The average Bonchev–Trinajstić information content (AvgIpc) is 1.26. The van der Waals surface area contributed by atoms with Gasteiger partial charge in [-0.25, -0.2) is 43.3 Å². The Labute approximate surface area is 690 Å². The van der Waals surface area contributed by atoms with Crippen LogP contribution in [0.2, 0.25) is 0 Å². The summed E-state index contributed by atoms with van der Waals surface area (Å²) in [6.45, 7) is 20.4. The molecule has 0 saturated heterocycles. The lowest BCUT2D eigenvalue weighted by molar-refractivity contribution is -0.150. The van der Waals surface area contributed by atoms with E-state index >= 15 is 0 Å². The molecule has 2 aromatic heterocycles. The van der Waals surface area contributed by atoms with Crippen molar-refractivity contribution in [2.45, 2.75) is 144 Å². The number of fused-ring (bicyclic) bond motifs is 5. The molecule has 2 N–H and O–H groups in total. The van der Waals surface area contributed by atoms with Crippen molar-refractivity contribution in [3.05, 3.63) is 309 Å². The number of aromatic amines is 1. The number of carbonyl (C=O) groups excluding carboxylic acids is 9. The largest absolute Gasteiger partial charge is 0.464 e. The smallest absolute Gasteiger partial charge is 0.416 e. The number of H-pyrrole nitrogens is 1. The zero-order chi connectivity index (χ0) is 83.6. The van der Waals surface area contributed by atoms with Crippen LogP contribution in [0.1, 0.15) is 118 Å². The van der Waals surface area contributed by atoms with E-state index in [0.29, 0.717) is 102 Å². The Hall–Kier alpha value is -13.2. The Morgan fingerprint density at radius 3 is 1.08 bits per heavy atom. The number of urea groups is 1. The number of carbonyl (C=O) groups is 9. The van der Waals surface area contributed by atoms with Crippen LogP contribution >= 0.6 is 11.5 Å². The molecule has 5 amide bonds. The number of nitrogens with zero attached hydrogens (tertiary/aromatic N) is 7. The van der Waals surface area contributed by atoms with Crippen molar-refractivity contribution in [2.24, 2.45) is 0 Å². The van der Waals surface area contributed by atoms with Crippen LogP contribution < -0.4 is 14.8 Å². The maximum absolute atomic E-state index is 12.8. The van der Waals surface area contributed by atoms with Crippen LogP contribution in [0.4, 0.5) is 20.1 Å². The monoisotopic (exact) mass is 1620 g/mol. The molecule has 0 saturated carbocycles. The van der Waals surface area contributed by atoms with Gasteiger partial charge in [0, 0.05) is 74.7 Å². The molecule has 0 aliphatic carbocycles. The molecule has 5 atom stereocenters. The first-order chi connectivity index (χ1) is 57.3. The van der Waals surface area contributed by atoms with Crippen molar-refractivity contribution in [3.63, 3.8) is 0 Å². The van der Waals surface area contributed by atoms with Crippen molar-refractivity contribution in [1.82, 2.24) is 38.8 Å². The number of hydrogen-bond donors (Lipinski definition) is 2. The molecular formula is C92H97N9O16S. The lowest BCUT2D eigenvalue weighted by Crippen LogP contribution is -2.50. The standard InChI is InChI=1S/C20H21NO4.C19H20N2O3.C19H19NO4.C17H19N3O3.C17H18N2O2S/c1-3-24-19(22)18-12-15-6-4-5-7-16(15)13-21(18)20(23)25-17-10-8-14(2)9-11-17;1-2-24-18(22)17-12-14-8-6-7-9-15(14)13-21(17)19(23)20-16-10-4-3-5-11-16;1-2-23-18(21)17-12-14-8-6-7-9-15(14)13-20(17)19(22)24-16-10-4-3-5-11-16;1-3-23-17(22)14-8-12-6-4-5-7-13(12)10-20(14)16(21)15-18-9-11(2)19-15;1-3-21-17(20)16-10-13-6-4-5-7-14(13)11-19(16)12(2)15-8-9-22-18-15/h4-11,18H,3,12-13H2,1-2H3;3-11,17H,2,12-13H2,1H3,(H,20,23);3-11,17H,2,12-13H2,1H3;4-7,9,14H,3,8,10H2,1-2H3,(H,18,19);4-9,16H,2-3,10-11H2,1H3. The summed E-state index contributed by atoms with van der Waals surface area (Å²) in [7, 11) is 0. The zero-order valence-electron chi connectivity index (χ0n) is 67.1. The third kappa shape index (κ3) is 22.2. The Kier molecular flexibility index (Phi) is 30.4. The number of aryl methyl sites for hydroxylation is 2. The van der Waals surface area contributed by atoms with E-state index in [0.717, 1.165) is 67.2 Å². The first-order valence-corrected chi connectivity index (χ1v) is 40.2. The van der Waals surface area contributed by atoms with E-state index in [1.54, 1.807) is 80.1 Å². The Morgan fingerprint density at radius 2 is 0.720 bits per heavy atom. The van der Waals surface area contributed by atoms with Crippen molar-refractivity contribution in [3.8, 4) is 11.5 Å². The lowest BCUT2D eigenvalue weighted by atomic mass is 9.93. The topological polar surface area (TPSA) is 288 Å². The predicted octanol–water partition coefficient (Wildman–Crippen LogP) is 14.8. The van der Waals surface area contributed by atoms with E-state index < -0.39 is 48.3 Å². The minimum atomic E-state index is -0.673. The van der Waals surface area contributed by atoms with Crippen LogP contribution in [0.25, 0.3) is 5.70 Å². The molecule has 0 fully saturated rings. The third-order valence-electron chi connectivity index (χ3n) is 20.2. The molecule has 25 nitrogen and oxygen atoms in total. The maximum atomic E-state index is 12.8. The van der Waals surface area contributed by atoms with Gasteiger partial charge in [0.25, 0.3) is 5.91 Å². The van der Waals surface area contributed by atoms with Gasteiger partial charge in [0.1, 0.15) is 41.7 Å². The van der Waals surface area contributed by atoms with E-state index in [1.807, 2.05) is 195 Å². The van der Waals surface area contributed by atoms with Gasteiger partial charge in [-0.05, 0) is 158 Å². The van der Waals surface area contributed by atoms with Gasteiger partial charge < -0.3 is 58.2 Å². The number of rotatable bonds is 16. The number of anilines is 1. The fraction of sp³-hybridized carbons (Fsp3) is 0.293. The first-order valence-electron chi connectivity index (χ1n) is 39.3. The molecule has 8 aromatic carbocycles. The fourth-order valence-corrected chi connectivity index (χ4v) is 14.8. The van der Waals surface area contributed by atoms with Gasteiger partial charge in [-0.2, -0.15) is 4.37 Å². The zero-order valence-corrected chi connectivity index (χ0v) is 67.9. The summed E-state index contributed by atoms with van der Waals surface area (Å²) in [5, 5.41) is 4.76. The van der Waals surface area contributed by atoms with Gasteiger partial charge in [0.15, 0.2) is 5.82 Å². The summed E-state index contributed by atoms with van der Waals surface area (Å²) < 4.78 is 41.1. The summed E-state index contributed by atoms with van der Waals surface area (Å²) >= 11 is 1.38. The molecule has 5 aliphatic heterocycles. The molecule has 5 aliphatic rings. The second-order valence-electron chi connectivity index (χ2n) is 28.1. The molecular weight excluding hydrogens is 1520 g/mol. The van der Waals surface area contributed by atoms with Gasteiger partial charge in [-0.15, -0.1) is 0 Å². The lowest BCUT2D eigenvalue weighted by Gasteiger charge is -2.37. The van der Waals surface area contributed by atoms with Crippen LogP contribution in [-0.2, 0) is 112 Å². The summed E-state index contributed by atoms with van der Waals surface area (Å²) in [6.07, 6.45) is 2.93. The van der Waals surface area contributed by atoms with Gasteiger partial charge in [0.05, 0.1) is 57.5 Å². The second-order valence-corrected chi connectivity index (χ2v) is 28.7.